The Hall–Kier alpha value is -3.32. The summed E-state index contributed by atoms with van der Waals surface area (Å²) < 4.78 is 0. The second-order valence-electron chi connectivity index (χ2n) is 6.79. The smallest absolute Gasteiger partial charge is 0.335 e. The number of nitrogens with one attached hydrogen (secondary N) is 1. The highest BCUT2D eigenvalue weighted by Crippen LogP contribution is 2.20. The highest BCUT2D eigenvalue weighted by molar-refractivity contribution is 7.10. The third kappa shape index (κ3) is 5.58. The molecule has 3 aromatic rings. The lowest BCUT2D eigenvalue weighted by Crippen LogP contribution is -2.16. The lowest BCUT2D eigenvalue weighted by molar-refractivity contribution is -0.115. The fourth-order valence-corrected chi connectivity index (χ4v) is 3.56. The summed E-state index contributed by atoms with van der Waals surface area (Å²) in [6.07, 6.45) is 7.04. The van der Waals surface area contributed by atoms with Gasteiger partial charge in [0.25, 0.3) is 0 Å². The molecule has 0 unspecified atom stereocenters. The van der Waals surface area contributed by atoms with Gasteiger partial charge in [-0.3, -0.25) is 9.78 Å². The molecule has 0 aliphatic carbocycles. The SMILES string of the molecule is CC(C)c1csc(/C=C/c2cncc(NC(=O)Cc3ccccc3C(=O)O)c2)n1. The van der Waals surface area contributed by atoms with E-state index in [-0.39, 0.29) is 17.9 Å². The first kappa shape index (κ1) is 20.4. The molecule has 0 atom stereocenters. The van der Waals surface area contributed by atoms with Gasteiger partial charge >= 0.3 is 5.97 Å². The number of nitrogens with zero attached hydrogens (tertiary/aromatic N) is 2. The number of benzene rings is 1. The van der Waals surface area contributed by atoms with Gasteiger partial charge < -0.3 is 10.4 Å². The highest BCUT2D eigenvalue weighted by atomic mass is 32.1. The van der Waals surface area contributed by atoms with Gasteiger partial charge in [-0.15, -0.1) is 11.3 Å². The average molecular weight is 407 g/mol. The Balaban J connectivity index is 1.67. The van der Waals surface area contributed by atoms with E-state index in [9.17, 15) is 14.7 Å². The summed E-state index contributed by atoms with van der Waals surface area (Å²) in [7, 11) is 0. The molecule has 0 saturated heterocycles. The summed E-state index contributed by atoms with van der Waals surface area (Å²) >= 11 is 1.58. The van der Waals surface area contributed by atoms with Crippen LogP contribution in [0.5, 0.6) is 0 Å². The van der Waals surface area contributed by atoms with Gasteiger partial charge in [-0.2, -0.15) is 0 Å². The number of aromatic nitrogens is 2. The third-order valence-electron chi connectivity index (χ3n) is 4.19. The molecule has 3 rings (SSSR count). The summed E-state index contributed by atoms with van der Waals surface area (Å²) in [5.41, 5.74) is 3.03. The molecule has 2 aromatic heterocycles. The van der Waals surface area contributed by atoms with Crippen molar-refractivity contribution in [2.75, 3.05) is 5.32 Å². The predicted molar refractivity (Wildman–Crippen MR) is 115 cm³/mol. The van der Waals surface area contributed by atoms with E-state index < -0.39 is 5.97 Å². The normalized spacial score (nSPS) is 11.1. The maximum Gasteiger partial charge on any atom is 0.335 e. The molecule has 1 amide bonds. The first-order chi connectivity index (χ1) is 13.9. The van der Waals surface area contributed by atoms with Crippen LogP contribution in [0.2, 0.25) is 0 Å². The topological polar surface area (TPSA) is 92.2 Å². The van der Waals surface area contributed by atoms with Gasteiger partial charge in [0.1, 0.15) is 5.01 Å². The van der Waals surface area contributed by atoms with E-state index in [1.165, 1.54) is 6.07 Å². The number of carboxylic acid groups (broad SMARTS) is 1. The van der Waals surface area contributed by atoms with Crippen molar-refractivity contribution in [2.45, 2.75) is 26.2 Å². The Morgan fingerprint density at radius 2 is 2.00 bits per heavy atom. The summed E-state index contributed by atoms with van der Waals surface area (Å²) in [6.45, 7) is 4.21. The predicted octanol–water partition coefficient (Wildman–Crippen LogP) is 4.71. The molecule has 0 fully saturated rings. The monoisotopic (exact) mass is 407 g/mol. The van der Waals surface area contributed by atoms with Gasteiger partial charge in [0, 0.05) is 11.6 Å². The number of pyridine rings is 1. The number of anilines is 1. The van der Waals surface area contributed by atoms with Gasteiger partial charge in [0.2, 0.25) is 5.91 Å². The lowest BCUT2D eigenvalue weighted by atomic mass is 10.0. The molecular formula is C22H21N3O3S. The molecule has 0 radical (unpaired) electrons. The molecule has 1 aromatic carbocycles. The number of hydrogen-bond acceptors (Lipinski definition) is 5. The number of hydrogen-bond donors (Lipinski definition) is 2. The van der Waals surface area contributed by atoms with E-state index in [2.05, 4.69) is 29.1 Å². The Morgan fingerprint density at radius 3 is 2.72 bits per heavy atom. The first-order valence-corrected chi connectivity index (χ1v) is 10.00. The molecule has 0 saturated carbocycles. The van der Waals surface area contributed by atoms with E-state index in [1.807, 2.05) is 23.6 Å². The molecule has 2 N–H and O–H groups in total. The molecule has 0 aliphatic heterocycles. The molecule has 7 heteroatoms. The van der Waals surface area contributed by atoms with E-state index in [4.69, 9.17) is 0 Å². The molecule has 0 spiro atoms. The Morgan fingerprint density at radius 1 is 1.21 bits per heavy atom. The lowest BCUT2D eigenvalue weighted by Gasteiger charge is -2.08. The second kappa shape index (κ2) is 9.25. The minimum Gasteiger partial charge on any atom is -0.478 e. The number of rotatable bonds is 7. The zero-order valence-electron chi connectivity index (χ0n) is 16.1. The number of thiazole rings is 1. The van der Waals surface area contributed by atoms with Gasteiger partial charge in [-0.25, -0.2) is 9.78 Å². The van der Waals surface area contributed by atoms with Crippen LogP contribution in [0.1, 0.15) is 52.0 Å². The molecule has 29 heavy (non-hydrogen) atoms. The maximum absolute atomic E-state index is 12.4. The molecule has 2 heterocycles. The number of carbonyl (C=O) groups is 2. The largest absolute Gasteiger partial charge is 0.478 e. The third-order valence-corrected chi connectivity index (χ3v) is 5.02. The van der Waals surface area contributed by atoms with Crippen LogP contribution in [0.4, 0.5) is 5.69 Å². The van der Waals surface area contributed by atoms with Crippen LogP contribution in [0.15, 0.2) is 48.1 Å². The quantitative estimate of drug-likeness (QED) is 0.592. The van der Waals surface area contributed by atoms with Crippen molar-refractivity contribution in [1.29, 1.82) is 0 Å². The van der Waals surface area contributed by atoms with Gasteiger partial charge in [0.05, 0.1) is 29.6 Å². The van der Waals surface area contributed by atoms with E-state index >= 15 is 0 Å². The highest BCUT2D eigenvalue weighted by Gasteiger charge is 2.12. The van der Waals surface area contributed by atoms with Crippen LogP contribution >= 0.6 is 11.3 Å². The number of carbonyl (C=O) groups excluding carboxylic acids is 1. The minimum absolute atomic E-state index is 0.0281. The number of aromatic carboxylic acids is 1. The number of amides is 1. The van der Waals surface area contributed by atoms with Gasteiger partial charge in [0.15, 0.2) is 0 Å². The van der Waals surface area contributed by atoms with Crippen molar-refractivity contribution in [3.63, 3.8) is 0 Å². The number of carboxylic acids is 1. The van der Waals surface area contributed by atoms with Gasteiger partial charge in [-0.05, 0) is 35.3 Å². The van der Waals surface area contributed by atoms with Crippen LogP contribution in [-0.2, 0) is 11.2 Å². The summed E-state index contributed by atoms with van der Waals surface area (Å²) in [6, 6.07) is 8.28. The Labute approximate surface area is 173 Å². The first-order valence-electron chi connectivity index (χ1n) is 9.12. The van der Waals surface area contributed by atoms with Crippen molar-refractivity contribution < 1.29 is 14.7 Å². The average Bonchev–Trinajstić information content (AvgIpc) is 3.16. The molecular weight excluding hydrogens is 386 g/mol. The summed E-state index contributed by atoms with van der Waals surface area (Å²) in [5, 5.41) is 15.0. The van der Waals surface area contributed by atoms with Gasteiger partial charge in [-0.1, -0.05) is 38.1 Å². The zero-order valence-corrected chi connectivity index (χ0v) is 16.9. The second-order valence-corrected chi connectivity index (χ2v) is 7.68. The standard InChI is InChI=1S/C22H21N3O3S/c1-14(2)19-13-29-21(25-19)8-7-15-9-17(12-23-11-15)24-20(26)10-16-5-3-4-6-18(16)22(27)28/h3-9,11-14H,10H2,1-2H3,(H,24,26)(H,27,28)/b8-7+. The molecule has 148 valence electrons. The van der Waals surface area contributed by atoms with Crippen molar-refractivity contribution in [3.8, 4) is 0 Å². The zero-order chi connectivity index (χ0) is 20.8. The summed E-state index contributed by atoms with van der Waals surface area (Å²) in [4.78, 5) is 32.4. The molecule has 0 bridgehead atoms. The fraction of sp³-hybridized carbons (Fsp3) is 0.182. The maximum atomic E-state index is 12.4. The Bertz CT molecular complexity index is 1060. The van der Waals surface area contributed by atoms with Crippen LogP contribution in [0.3, 0.4) is 0 Å². The molecule has 0 aliphatic rings. The van der Waals surface area contributed by atoms with E-state index in [0.717, 1.165) is 16.3 Å². The van der Waals surface area contributed by atoms with Crippen molar-refractivity contribution in [1.82, 2.24) is 9.97 Å². The van der Waals surface area contributed by atoms with Crippen LogP contribution in [0, 0.1) is 0 Å². The van der Waals surface area contributed by atoms with E-state index in [0.29, 0.717) is 17.2 Å². The van der Waals surface area contributed by atoms with Crippen molar-refractivity contribution in [3.05, 3.63) is 75.5 Å². The molecule has 6 nitrogen and oxygen atoms in total. The van der Waals surface area contributed by atoms with Crippen LogP contribution < -0.4 is 5.32 Å². The van der Waals surface area contributed by atoms with Crippen molar-refractivity contribution >= 4 is 41.1 Å². The van der Waals surface area contributed by atoms with Crippen LogP contribution in [-0.4, -0.2) is 27.0 Å². The van der Waals surface area contributed by atoms with Crippen molar-refractivity contribution in [2.24, 2.45) is 0 Å². The fourth-order valence-electron chi connectivity index (χ4n) is 2.69. The van der Waals surface area contributed by atoms with Crippen LogP contribution in [0.25, 0.3) is 12.2 Å². The minimum atomic E-state index is -1.05. The van der Waals surface area contributed by atoms with E-state index in [1.54, 1.807) is 41.9 Å². The Kier molecular flexibility index (Phi) is 6.51. The summed E-state index contributed by atoms with van der Waals surface area (Å²) in [5.74, 6) is -0.965.